The Labute approximate surface area is 194 Å². The summed E-state index contributed by atoms with van der Waals surface area (Å²) in [7, 11) is 1.70. The molecule has 0 unspecified atom stereocenters. The summed E-state index contributed by atoms with van der Waals surface area (Å²) in [4.78, 5) is 24.1. The van der Waals surface area contributed by atoms with Crippen LogP contribution in [0.15, 0.2) is 24.3 Å². The second kappa shape index (κ2) is 10.0. The van der Waals surface area contributed by atoms with Crippen LogP contribution in [-0.2, 0) is 26.4 Å². The quantitative estimate of drug-likeness (QED) is 0.661. The summed E-state index contributed by atoms with van der Waals surface area (Å²) in [5.74, 6) is 1.55. The van der Waals surface area contributed by atoms with Crippen LogP contribution in [0.5, 0.6) is 0 Å². The molecule has 1 aromatic heterocycles. The summed E-state index contributed by atoms with van der Waals surface area (Å²) < 4.78 is 17.2. The van der Waals surface area contributed by atoms with Crippen LogP contribution in [0.4, 0.5) is 16.3 Å². The van der Waals surface area contributed by atoms with Gasteiger partial charge in [-0.15, -0.1) is 0 Å². The monoisotopic (exact) mass is 455 g/mol. The van der Waals surface area contributed by atoms with Gasteiger partial charge < -0.3 is 29.7 Å². The molecule has 9 heteroatoms. The molecule has 1 saturated heterocycles. The SMILES string of the molecule is CCNC(=O)Nc1ccc(-c2nc(N3CCOC[C@@H]3C)c3c(n2)[C@](C)(CCOC)OC3)cc1. The number of amides is 2. The molecule has 9 nitrogen and oxygen atoms in total. The summed E-state index contributed by atoms with van der Waals surface area (Å²) in [6.07, 6.45) is 0.709. The number of hydrogen-bond donors (Lipinski definition) is 2. The number of ether oxygens (including phenoxy) is 3. The van der Waals surface area contributed by atoms with E-state index in [-0.39, 0.29) is 12.1 Å². The minimum absolute atomic E-state index is 0.208. The molecule has 33 heavy (non-hydrogen) atoms. The normalized spacial score (nSPS) is 22.2. The number of rotatable bonds is 7. The van der Waals surface area contributed by atoms with Gasteiger partial charge in [0.15, 0.2) is 5.82 Å². The smallest absolute Gasteiger partial charge is 0.319 e. The fraction of sp³-hybridized carbons (Fsp3) is 0.542. The molecule has 2 amide bonds. The highest BCUT2D eigenvalue weighted by molar-refractivity contribution is 5.89. The highest BCUT2D eigenvalue weighted by atomic mass is 16.5. The maximum atomic E-state index is 11.8. The van der Waals surface area contributed by atoms with E-state index < -0.39 is 5.60 Å². The van der Waals surface area contributed by atoms with Crippen LogP contribution in [0.1, 0.15) is 38.4 Å². The van der Waals surface area contributed by atoms with E-state index in [4.69, 9.17) is 24.2 Å². The van der Waals surface area contributed by atoms with Crippen molar-refractivity contribution in [1.29, 1.82) is 0 Å². The lowest BCUT2D eigenvalue weighted by Crippen LogP contribution is -2.44. The average molecular weight is 456 g/mol. The first-order chi connectivity index (χ1) is 15.9. The Morgan fingerprint density at radius 1 is 1.30 bits per heavy atom. The molecule has 2 atom stereocenters. The number of carbonyl (C=O) groups excluding carboxylic acids is 1. The Balaban J connectivity index is 1.72. The van der Waals surface area contributed by atoms with Crippen molar-refractivity contribution in [2.45, 2.75) is 45.4 Å². The summed E-state index contributed by atoms with van der Waals surface area (Å²) in [6, 6.07) is 7.56. The number of benzene rings is 1. The number of urea groups is 1. The van der Waals surface area contributed by atoms with Crippen LogP contribution in [0.2, 0.25) is 0 Å². The molecule has 1 fully saturated rings. The third-order valence-corrected chi connectivity index (χ3v) is 6.18. The molecule has 0 spiro atoms. The molecular formula is C24H33N5O4. The van der Waals surface area contributed by atoms with Crippen molar-refractivity contribution < 1.29 is 19.0 Å². The zero-order valence-electron chi connectivity index (χ0n) is 19.8. The van der Waals surface area contributed by atoms with E-state index in [0.717, 1.165) is 29.2 Å². The lowest BCUT2D eigenvalue weighted by atomic mass is 9.96. The van der Waals surface area contributed by atoms with Gasteiger partial charge in [0.1, 0.15) is 11.4 Å². The molecule has 0 radical (unpaired) electrons. The van der Waals surface area contributed by atoms with Crippen molar-refractivity contribution in [3.8, 4) is 11.4 Å². The molecule has 2 aliphatic heterocycles. The van der Waals surface area contributed by atoms with Crippen LogP contribution in [-0.4, -0.2) is 62.1 Å². The Kier molecular flexibility index (Phi) is 7.11. The number of fused-ring (bicyclic) bond motifs is 1. The predicted molar refractivity (Wildman–Crippen MR) is 126 cm³/mol. The molecule has 0 bridgehead atoms. The third kappa shape index (κ3) is 4.95. The van der Waals surface area contributed by atoms with Gasteiger partial charge in [0.25, 0.3) is 0 Å². The van der Waals surface area contributed by atoms with Crippen LogP contribution < -0.4 is 15.5 Å². The highest BCUT2D eigenvalue weighted by Gasteiger charge is 2.41. The number of hydrogen-bond acceptors (Lipinski definition) is 7. The number of morpholine rings is 1. The minimum atomic E-state index is -0.535. The Bertz CT molecular complexity index is 984. The van der Waals surface area contributed by atoms with Crippen LogP contribution in [0.25, 0.3) is 11.4 Å². The standard InChI is InChI=1S/C24H33N5O4/c1-5-25-23(30)26-18-8-6-17(7-9-18)21-27-20-19(15-33-24(20,3)10-12-31-4)22(28-21)29-11-13-32-14-16(29)2/h6-9,16H,5,10-15H2,1-4H3,(H2,25,26,30)/t16-,24-/m0/s1. The minimum Gasteiger partial charge on any atom is -0.385 e. The van der Waals surface area contributed by atoms with Gasteiger partial charge in [-0.05, 0) is 45.0 Å². The van der Waals surface area contributed by atoms with E-state index in [1.165, 1.54) is 0 Å². The molecule has 2 N–H and O–H groups in total. The highest BCUT2D eigenvalue weighted by Crippen LogP contribution is 2.42. The summed E-state index contributed by atoms with van der Waals surface area (Å²) in [6.45, 7) is 9.83. The first-order valence-electron chi connectivity index (χ1n) is 11.5. The molecule has 0 saturated carbocycles. The molecule has 2 aromatic rings. The summed E-state index contributed by atoms with van der Waals surface area (Å²) in [5, 5.41) is 5.55. The first-order valence-corrected chi connectivity index (χ1v) is 11.5. The first kappa shape index (κ1) is 23.4. The molecule has 178 valence electrons. The van der Waals surface area contributed by atoms with Crippen molar-refractivity contribution in [2.24, 2.45) is 0 Å². The van der Waals surface area contributed by atoms with Gasteiger partial charge in [-0.25, -0.2) is 14.8 Å². The number of nitrogens with zero attached hydrogens (tertiary/aromatic N) is 3. The van der Waals surface area contributed by atoms with Crippen molar-refractivity contribution >= 4 is 17.5 Å². The van der Waals surface area contributed by atoms with E-state index in [1.807, 2.05) is 31.2 Å². The zero-order valence-corrected chi connectivity index (χ0v) is 19.8. The average Bonchev–Trinajstić information content (AvgIpc) is 3.15. The fourth-order valence-electron chi connectivity index (χ4n) is 4.28. The Hall–Kier alpha value is -2.75. The van der Waals surface area contributed by atoms with Crippen LogP contribution >= 0.6 is 0 Å². The molecule has 1 aromatic carbocycles. The topological polar surface area (TPSA) is 97.8 Å². The van der Waals surface area contributed by atoms with Gasteiger partial charge in [-0.1, -0.05) is 0 Å². The molecular weight excluding hydrogens is 422 g/mol. The van der Waals surface area contributed by atoms with Crippen LogP contribution in [0, 0.1) is 0 Å². The summed E-state index contributed by atoms with van der Waals surface area (Å²) in [5.41, 5.74) is 3.01. The summed E-state index contributed by atoms with van der Waals surface area (Å²) >= 11 is 0. The van der Waals surface area contributed by atoms with E-state index in [2.05, 4.69) is 29.4 Å². The third-order valence-electron chi connectivity index (χ3n) is 6.18. The van der Waals surface area contributed by atoms with E-state index in [9.17, 15) is 4.79 Å². The largest absolute Gasteiger partial charge is 0.385 e. The van der Waals surface area contributed by atoms with Gasteiger partial charge >= 0.3 is 6.03 Å². The Morgan fingerprint density at radius 2 is 2.09 bits per heavy atom. The van der Waals surface area contributed by atoms with Gasteiger partial charge in [-0.3, -0.25) is 0 Å². The van der Waals surface area contributed by atoms with Crippen LogP contribution in [0.3, 0.4) is 0 Å². The number of anilines is 2. The number of carbonyl (C=O) groups is 1. The molecule has 0 aliphatic carbocycles. The number of methoxy groups -OCH3 is 1. The maximum absolute atomic E-state index is 11.8. The lowest BCUT2D eigenvalue weighted by molar-refractivity contribution is -0.0448. The van der Waals surface area contributed by atoms with E-state index in [0.29, 0.717) is 50.9 Å². The van der Waals surface area contributed by atoms with Gasteiger partial charge in [-0.2, -0.15) is 0 Å². The molecule has 2 aliphatic rings. The molecule has 4 rings (SSSR count). The van der Waals surface area contributed by atoms with Crippen molar-refractivity contribution in [3.63, 3.8) is 0 Å². The number of aromatic nitrogens is 2. The van der Waals surface area contributed by atoms with E-state index in [1.54, 1.807) is 7.11 Å². The van der Waals surface area contributed by atoms with Crippen molar-refractivity contribution in [1.82, 2.24) is 15.3 Å². The van der Waals surface area contributed by atoms with Gasteiger partial charge in [0.05, 0.1) is 31.6 Å². The zero-order chi connectivity index (χ0) is 23.4. The van der Waals surface area contributed by atoms with Crippen molar-refractivity contribution in [2.75, 3.05) is 50.2 Å². The van der Waals surface area contributed by atoms with Gasteiger partial charge in [0.2, 0.25) is 0 Å². The maximum Gasteiger partial charge on any atom is 0.319 e. The van der Waals surface area contributed by atoms with E-state index >= 15 is 0 Å². The second-order valence-corrected chi connectivity index (χ2v) is 8.64. The lowest BCUT2D eigenvalue weighted by Gasteiger charge is -2.35. The fourth-order valence-corrected chi connectivity index (χ4v) is 4.28. The predicted octanol–water partition coefficient (Wildman–Crippen LogP) is 3.29. The van der Waals surface area contributed by atoms with Gasteiger partial charge in [0, 0.05) is 50.0 Å². The number of nitrogens with one attached hydrogen (secondary N) is 2. The molecule has 3 heterocycles. The Morgan fingerprint density at radius 3 is 2.79 bits per heavy atom. The van der Waals surface area contributed by atoms with Crippen molar-refractivity contribution in [3.05, 3.63) is 35.5 Å². The second-order valence-electron chi connectivity index (χ2n) is 8.64.